The molecule has 10 heteroatoms. The summed E-state index contributed by atoms with van der Waals surface area (Å²) >= 11 is 0. The van der Waals surface area contributed by atoms with E-state index in [2.05, 4.69) is 89.8 Å². The van der Waals surface area contributed by atoms with E-state index in [0.717, 1.165) is 89.0 Å². The summed E-state index contributed by atoms with van der Waals surface area (Å²) in [5.41, 5.74) is 11.7. The summed E-state index contributed by atoms with van der Waals surface area (Å²) in [6, 6.07) is 30.3. The first-order chi connectivity index (χ1) is 26.2. The number of hydrogen-bond acceptors (Lipinski definition) is 8. The van der Waals surface area contributed by atoms with Crippen molar-refractivity contribution in [2.45, 2.75) is 70.5 Å². The Bertz CT molecular complexity index is 2070. The zero-order valence-electron chi connectivity index (χ0n) is 32.7. The molecule has 2 unspecified atom stereocenters. The van der Waals surface area contributed by atoms with Crippen molar-refractivity contribution in [3.63, 3.8) is 0 Å². The van der Waals surface area contributed by atoms with E-state index < -0.39 is 5.97 Å². The van der Waals surface area contributed by atoms with Gasteiger partial charge in [-0.2, -0.15) is 0 Å². The van der Waals surface area contributed by atoms with Crippen molar-refractivity contribution in [1.82, 2.24) is 9.80 Å². The standard InChI is InChI=1S/C24H27NO3.C22H23NO3.Na.H2O/c1-2-27-23(26)14-25-15-24(16-25)12-18-7-9-20(11-19(18)13-24)28-22-10-8-17-5-3-4-6-21(17)22;24-21(25)12-23-13-22(14-23)10-16-5-7-18(9-17(16)11-22)26-20-8-6-15-3-1-2-4-19(15)20;;/h3-7,9,11,22H,2,8,10,12-16H2,1H3;1-5,7,9,20H,6,8,10-14H2,(H,24,25);;1H2/q;;+1;/p-1. The van der Waals surface area contributed by atoms with Crippen molar-refractivity contribution in [2.75, 3.05) is 45.9 Å². The number of carboxylic acid groups (broad SMARTS) is 1. The molecule has 4 aliphatic carbocycles. The zero-order chi connectivity index (χ0) is 36.9. The number of carboxylic acids is 1. The predicted molar refractivity (Wildman–Crippen MR) is 208 cm³/mol. The molecule has 0 radical (unpaired) electrons. The molecular weight excluding hydrogens is 716 g/mol. The van der Waals surface area contributed by atoms with Gasteiger partial charge < -0.3 is 24.8 Å². The van der Waals surface area contributed by atoms with Gasteiger partial charge in [-0.25, -0.2) is 0 Å². The molecule has 4 aromatic rings. The van der Waals surface area contributed by atoms with Crippen LogP contribution < -0.4 is 39.0 Å². The molecule has 0 aromatic heterocycles. The molecule has 0 bridgehead atoms. The predicted octanol–water partition coefficient (Wildman–Crippen LogP) is 3.78. The molecule has 10 rings (SSSR count). The third-order valence-corrected chi connectivity index (χ3v) is 12.6. The van der Waals surface area contributed by atoms with Gasteiger partial charge in [0, 0.05) is 37.0 Å². The largest absolute Gasteiger partial charge is 1.00 e. The molecule has 2 atom stereocenters. The average Bonchev–Trinajstić information content (AvgIpc) is 3.91. The monoisotopic (exact) mass is 766 g/mol. The zero-order valence-corrected chi connectivity index (χ0v) is 34.7. The molecule has 2 fully saturated rings. The number of hydrogen-bond donors (Lipinski definition) is 1. The fraction of sp³-hybridized carbons (Fsp3) is 0.435. The Balaban J connectivity index is 0.000000166. The van der Waals surface area contributed by atoms with E-state index in [1.165, 1.54) is 44.5 Å². The van der Waals surface area contributed by atoms with E-state index in [0.29, 0.717) is 18.6 Å². The molecule has 0 saturated carbocycles. The normalized spacial score (nSPS) is 21.4. The third kappa shape index (κ3) is 8.31. The summed E-state index contributed by atoms with van der Waals surface area (Å²) in [6.07, 6.45) is 8.92. The van der Waals surface area contributed by atoms with Crippen molar-refractivity contribution >= 4 is 11.9 Å². The Labute approximate surface area is 351 Å². The molecule has 0 amide bonds. The molecule has 9 nitrogen and oxygen atoms in total. The van der Waals surface area contributed by atoms with Crippen LogP contribution in [0.5, 0.6) is 11.5 Å². The number of rotatable bonds is 9. The number of nitrogens with zero attached hydrogens (tertiary/aromatic N) is 2. The molecule has 2 saturated heterocycles. The summed E-state index contributed by atoms with van der Waals surface area (Å²) in [6.45, 7) is 6.62. The van der Waals surface area contributed by atoms with Crippen molar-refractivity contribution < 1.29 is 63.9 Å². The Morgan fingerprint density at radius 3 is 1.55 bits per heavy atom. The summed E-state index contributed by atoms with van der Waals surface area (Å²) in [4.78, 5) is 26.8. The van der Waals surface area contributed by atoms with Gasteiger partial charge in [-0.05, 0) is 127 Å². The first-order valence-corrected chi connectivity index (χ1v) is 19.8. The van der Waals surface area contributed by atoms with E-state index in [1.807, 2.05) is 11.8 Å². The van der Waals surface area contributed by atoms with Gasteiger partial charge in [0.05, 0.1) is 19.7 Å². The second-order valence-corrected chi connectivity index (χ2v) is 16.7. The molecule has 4 aromatic carbocycles. The van der Waals surface area contributed by atoms with Crippen LogP contribution in [0.1, 0.15) is 76.5 Å². The molecular formula is C46H51N2NaO7. The molecule has 2 spiro atoms. The maximum atomic E-state index is 11.7. The van der Waals surface area contributed by atoms with E-state index in [-0.39, 0.29) is 65.2 Å². The second kappa shape index (κ2) is 16.6. The van der Waals surface area contributed by atoms with E-state index in [1.54, 1.807) is 0 Å². The van der Waals surface area contributed by atoms with Crippen molar-refractivity contribution in [3.05, 3.63) is 129 Å². The number of esters is 1. The number of aryl methyl sites for hydroxylation is 2. The van der Waals surface area contributed by atoms with Crippen LogP contribution in [0, 0.1) is 10.8 Å². The maximum absolute atomic E-state index is 11.7. The molecule has 2 heterocycles. The Morgan fingerprint density at radius 1 is 0.643 bits per heavy atom. The number of ether oxygens (including phenoxy) is 3. The molecule has 2 aliphatic heterocycles. The Hall–Kier alpha value is -3.70. The minimum absolute atomic E-state index is 0. The van der Waals surface area contributed by atoms with E-state index in [9.17, 15) is 9.59 Å². The van der Waals surface area contributed by atoms with Gasteiger partial charge in [0.2, 0.25) is 0 Å². The summed E-state index contributed by atoms with van der Waals surface area (Å²) in [7, 11) is 0. The number of carbonyl (C=O) groups is 2. The van der Waals surface area contributed by atoms with Crippen LogP contribution in [0.2, 0.25) is 0 Å². The first kappa shape index (κ1) is 40.5. The first-order valence-electron chi connectivity index (χ1n) is 19.8. The van der Waals surface area contributed by atoms with Gasteiger partial charge in [-0.15, -0.1) is 0 Å². The molecule has 56 heavy (non-hydrogen) atoms. The van der Waals surface area contributed by atoms with Crippen LogP contribution in [0.25, 0.3) is 0 Å². The fourth-order valence-electron chi connectivity index (χ4n) is 10.4. The van der Waals surface area contributed by atoms with Crippen LogP contribution in [-0.4, -0.2) is 78.2 Å². The van der Waals surface area contributed by atoms with Gasteiger partial charge in [0.1, 0.15) is 23.7 Å². The number of likely N-dealkylation sites (tertiary alicyclic amines) is 2. The van der Waals surface area contributed by atoms with Crippen molar-refractivity contribution in [2.24, 2.45) is 10.8 Å². The van der Waals surface area contributed by atoms with Gasteiger partial charge in [0.15, 0.2) is 0 Å². The van der Waals surface area contributed by atoms with Gasteiger partial charge in [-0.1, -0.05) is 60.7 Å². The van der Waals surface area contributed by atoms with Crippen LogP contribution in [-0.2, 0) is 52.9 Å². The minimum atomic E-state index is -0.733. The van der Waals surface area contributed by atoms with Crippen LogP contribution >= 0.6 is 0 Å². The van der Waals surface area contributed by atoms with E-state index in [4.69, 9.17) is 19.3 Å². The van der Waals surface area contributed by atoms with Crippen LogP contribution in [0.15, 0.2) is 84.9 Å². The summed E-state index contributed by atoms with van der Waals surface area (Å²) in [5.74, 6) is 1.10. The third-order valence-electron chi connectivity index (χ3n) is 12.6. The summed E-state index contributed by atoms with van der Waals surface area (Å²) in [5, 5.41) is 8.94. The quantitative estimate of drug-likeness (QED) is 0.201. The second-order valence-electron chi connectivity index (χ2n) is 16.7. The fourth-order valence-corrected chi connectivity index (χ4v) is 10.4. The van der Waals surface area contributed by atoms with Gasteiger partial charge in [0.25, 0.3) is 0 Å². The Morgan fingerprint density at radius 2 is 1.09 bits per heavy atom. The van der Waals surface area contributed by atoms with Crippen LogP contribution in [0.4, 0.5) is 0 Å². The topological polar surface area (TPSA) is 119 Å². The molecule has 6 aliphatic rings. The Kier molecular flexibility index (Phi) is 12.0. The SMILES string of the molecule is CCOC(=O)CN1CC2(Cc3ccc(OC4CCc5ccccc54)cc3C2)C1.O=C(O)CN1CC2(Cc3ccc(OC4CCc5ccccc54)cc3C2)C1.[Na+].[OH-]. The van der Waals surface area contributed by atoms with E-state index >= 15 is 0 Å². The van der Waals surface area contributed by atoms with Crippen molar-refractivity contribution in [3.8, 4) is 11.5 Å². The maximum Gasteiger partial charge on any atom is 1.00 e. The van der Waals surface area contributed by atoms with Gasteiger partial charge in [-0.3, -0.25) is 19.4 Å². The molecule has 2 N–H and O–H groups in total. The van der Waals surface area contributed by atoms with Crippen molar-refractivity contribution in [1.29, 1.82) is 0 Å². The number of fused-ring (bicyclic) bond motifs is 4. The summed E-state index contributed by atoms with van der Waals surface area (Å²) < 4.78 is 17.8. The number of benzene rings is 4. The number of carbonyl (C=O) groups excluding carboxylic acids is 1. The number of aliphatic carboxylic acids is 1. The smallest absolute Gasteiger partial charge is 0.870 e. The molecule has 288 valence electrons. The van der Waals surface area contributed by atoms with Crippen LogP contribution in [0.3, 0.4) is 0 Å². The minimum Gasteiger partial charge on any atom is -0.870 e. The average molecular weight is 767 g/mol. The van der Waals surface area contributed by atoms with Gasteiger partial charge >= 0.3 is 41.5 Å².